The lowest BCUT2D eigenvalue weighted by atomic mass is 9.99. The summed E-state index contributed by atoms with van der Waals surface area (Å²) in [6.07, 6.45) is -5.20. The van der Waals surface area contributed by atoms with Crippen LogP contribution in [0.15, 0.2) is 24.3 Å². The van der Waals surface area contributed by atoms with Crippen LogP contribution in [0.3, 0.4) is 0 Å². The number of nitriles is 1. The van der Waals surface area contributed by atoms with Gasteiger partial charge in [-0.2, -0.15) is 36.2 Å². The molecule has 0 radical (unpaired) electrons. The fraction of sp³-hybridized carbons (Fsp3) is 0.231. The SMILES string of the molecule is N#Cc1c(CS)nn2c1NC(F)(C(F)(F)F)c1ccccc1-2. The minimum Gasteiger partial charge on any atom is -0.326 e. The van der Waals surface area contributed by atoms with E-state index < -0.39 is 17.5 Å². The summed E-state index contributed by atoms with van der Waals surface area (Å²) in [5.74, 6) is -4.08. The number of rotatable bonds is 1. The highest BCUT2D eigenvalue weighted by atomic mass is 32.1. The average molecular weight is 328 g/mol. The molecule has 1 aliphatic rings. The van der Waals surface area contributed by atoms with Crippen LogP contribution in [0.1, 0.15) is 16.8 Å². The van der Waals surface area contributed by atoms with Crippen molar-refractivity contribution in [3.05, 3.63) is 41.1 Å². The van der Waals surface area contributed by atoms with Crippen molar-refractivity contribution in [2.24, 2.45) is 0 Å². The number of nitrogens with one attached hydrogen (secondary N) is 1. The van der Waals surface area contributed by atoms with E-state index in [9.17, 15) is 17.6 Å². The number of anilines is 1. The molecule has 4 nitrogen and oxygen atoms in total. The third kappa shape index (κ3) is 1.80. The van der Waals surface area contributed by atoms with Crippen molar-refractivity contribution >= 4 is 18.4 Å². The number of halogens is 4. The molecule has 0 saturated heterocycles. The third-order valence-electron chi connectivity index (χ3n) is 3.40. The van der Waals surface area contributed by atoms with Gasteiger partial charge in [0.15, 0.2) is 5.82 Å². The maximum atomic E-state index is 14.8. The summed E-state index contributed by atoms with van der Waals surface area (Å²) in [5, 5.41) is 15.0. The quantitative estimate of drug-likeness (QED) is 0.480. The Morgan fingerprint density at radius 3 is 2.64 bits per heavy atom. The van der Waals surface area contributed by atoms with Crippen molar-refractivity contribution < 1.29 is 17.6 Å². The lowest BCUT2D eigenvalue weighted by molar-refractivity contribution is -0.225. The van der Waals surface area contributed by atoms with Gasteiger partial charge in [0.1, 0.15) is 11.6 Å². The van der Waals surface area contributed by atoms with Gasteiger partial charge < -0.3 is 5.32 Å². The zero-order valence-electron chi connectivity index (χ0n) is 10.8. The number of benzene rings is 1. The van der Waals surface area contributed by atoms with Gasteiger partial charge in [-0.05, 0) is 6.07 Å². The number of fused-ring (bicyclic) bond motifs is 3. The topological polar surface area (TPSA) is 53.6 Å². The summed E-state index contributed by atoms with van der Waals surface area (Å²) in [6, 6.07) is 6.87. The minimum absolute atomic E-state index is 0.0397. The Bertz CT molecular complexity index is 792. The van der Waals surface area contributed by atoms with Crippen LogP contribution in [0, 0.1) is 11.3 Å². The highest BCUT2D eigenvalue weighted by Gasteiger charge is 2.61. The fourth-order valence-corrected chi connectivity index (χ4v) is 2.61. The van der Waals surface area contributed by atoms with E-state index in [-0.39, 0.29) is 28.5 Å². The molecule has 1 aromatic heterocycles. The summed E-state index contributed by atoms with van der Waals surface area (Å²) in [4.78, 5) is 0. The second-order valence-electron chi connectivity index (χ2n) is 4.65. The first kappa shape index (κ1) is 14.7. The van der Waals surface area contributed by atoms with Crippen molar-refractivity contribution in [2.45, 2.75) is 17.7 Å². The highest BCUT2D eigenvalue weighted by molar-refractivity contribution is 7.79. The van der Waals surface area contributed by atoms with Crippen molar-refractivity contribution in [1.29, 1.82) is 5.26 Å². The van der Waals surface area contributed by atoms with E-state index in [0.29, 0.717) is 0 Å². The zero-order valence-corrected chi connectivity index (χ0v) is 11.7. The molecule has 2 aromatic rings. The molecule has 3 rings (SSSR count). The first-order chi connectivity index (χ1) is 10.3. The second kappa shape index (κ2) is 4.64. The monoisotopic (exact) mass is 328 g/mol. The molecule has 1 N–H and O–H groups in total. The molecule has 0 saturated carbocycles. The van der Waals surface area contributed by atoms with Crippen molar-refractivity contribution in [3.8, 4) is 11.8 Å². The number of aromatic nitrogens is 2. The first-order valence-electron chi connectivity index (χ1n) is 6.10. The fourth-order valence-electron chi connectivity index (χ4n) is 2.38. The van der Waals surface area contributed by atoms with Crippen molar-refractivity contribution in [1.82, 2.24) is 9.78 Å². The summed E-state index contributed by atoms with van der Waals surface area (Å²) in [5.41, 5.74) is -0.654. The molecule has 1 unspecified atom stereocenters. The normalized spacial score (nSPS) is 19.8. The van der Waals surface area contributed by atoms with E-state index >= 15 is 0 Å². The smallest absolute Gasteiger partial charge is 0.326 e. The van der Waals surface area contributed by atoms with Gasteiger partial charge in [-0.3, -0.25) is 0 Å². The van der Waals surface area contributed by atoms with Crippen LogP contribution in [0.4, 0.5) is 23.4 Å². The van der Waals surface area contributed by atoms with Gasteiger partial charge in [0.05, 0.1) is 11.4 Å². The summed E-state index contributed by atoms with van der Waals surface area (Å²) in [6.45, 7) is 0. The molecule has 114 valence electrons. The highest BCUT2D eigenvalue weighted by Crippen LogP contribution is 2.48. The standard InChI is InChI=1S/C13H8F4N4S/c14-12(13(15,16)17)8-3-1-2-4-10(8)21-11(19-12)7(5-18)9(6-22)20-21/h1-4,19,22H,6H2. The largest absolute Gasteiger partial charge is 0.446 e. The minimum atomic E-state index is -5.20. The van der Waals surface area contributed by atoms with Gasteiger partial charge in [0.25, 0.3) is 0 Å². The van der Waals surface area contributed by atoms with Crippen LogP contribution in [0.5, 0.6) is 0 Å². The Kier molecular flexibility index (Phi) is 3.11. The maximum absolute atomic E-state index is 14.8. The van der Waals surface area contributed by atoms with E-state index in [1.807, 2.05) is 0 Å². The third-order valence-corrected chi connectivity index (χ3v) is 3.70. The Hall–Kier alpha value is -2.21. The predicted octanol–water partition coefficient (Wildman–Crippen LogP) is 3.28. The number of hydrogen-bond donors (Lipinski definition) is 2. The molecule has 0 aliphatic carbocycles. The zero-order chi connectivity index (χ0) is 16.1. The molecular formula is C13H8F4N4S. The van der Waals surface area contributed by atoms with Gasteiger partial charge >= 0.3 is 12.0 Å². The van der Waals surface area contributed by atoms with Gasteiger partial charge in [0.2, 0.25) is 0 Å². The van der Waals surface area contributed by atoms with E-state index in [0.717, 1.165) is 10.7 Å². The number of nitrogens with zero attached hydrogens (tertiary/aromatic N) is 3. The van der Waals surface area contributed by atoms with Crippen LogP contribution < -0.4 is 5.32 Å². The van der Waals surface area contributed by atoms with Gasteiger partial charge in [-0.25, -0.2) is 9.07 Å². The Morgan fingerprint density at radius 2 is 2.05 bits per heavy atom. The molecule has 0 spiro atoms. The van der Waals surface area contributed by atoms with Crippen LogP contribution in [-0.2, 0) is 11.5 Å². The molecule has 0 amide bonds. The van der Waals surface area contributed by atoms with Crippen LogP contribution in [0.25, 0.3) is 5.69 Å². The van der Waals surface area contributed by atoms with E-state index in [1.165, 1.54) is 18.2 Å². The Morgan fingerprint density at radius 1 is 1.36 bits per heavy atom. The average Bonchev–Trinajstić information content (AvgIpc) is 2.84. The van der Waals surface area contributed by atoms with Gasteiger partial charge in [0, 0.05) is 11.3 Å². The molecule has 1 aliphatic heterocycles. The van der Waals surface area contributed by atoms with Gasteiger partial charge in [-0.15, -0.1) is 0 Å². The predicted molar refractivity (Wildman–Crippen MR) is 73.4 cm³/mol. The number of hydrogen-bond acceptors (Lipinski definition) is 4. The second-order valence-corrected chi connectivity index (χ2v) is 4.97. The molecule has 2 heterocycles. The molecule has 9 heteroatoms. The lowest BCUT2D eigenvalue weighted by Gasteiger charge is -2.35. The molecule has 1 aromatic carbocycles. The summed E-state index contributed by atoms with van der Waals surface area (Å²) in [7, 11) is 0. The van der Waals surface area contributed by atoms with E-state index in [2.05, 4.69) is 17.7 Å². The van der Waals surface area contributed by atoms with E-state index in [1.54, 1.807) is 11.4 Å². The van der Waals surface area contributed by atoms with Crippen LogP contribution >= 0.6 is 12.6 Å². The van der Waals surface area contributed by atoms with Crippen molar-refractivity contribution in [3.63, 3.8) is 0 Å². The molecule has 0 bridgehead atoms. The molecular weight excluding hydrogens is 320 g/mol. The molecule has 0 fully saturated rings. The number of thiol groups is 1. The molecule has 1 atom stereocenters. The summed E-state index contributed by atoms with van der Waals surface area (Å²) >= 11 is 3.99. The maximum Gasteiger partial charge on any atom is 0.446 e. The Labute approximate surface area is 127 Å². The summed E-state index contributed by atoms with van der Waals surface area (Å²) < 4.78 is 55.6. The number of alkyl halides is 4. The van der Waals surface area contributed by atoms with Crippen LogP contribution in [0.2, 0.25) is 0 Å². The van der Waals surface area contributed by atoms with Crippen molar-refractivity contribution in [2.75, 3.05) is 5.32 Å². The first-order valence-corrected chi connectivity index (χ1v) is 6.73. The molecule has 22 heavy (non-hydrogen) atoms. The lowest BCUT2D eigenvalue weighted by Crippen LogP contribution is -2.48. The Balaban J connectivity index is 2.35. The van der Waals surface area contributed by atoms with E-state index in [4.69, 9.17) is 5.26 Å². The van der Waals surface area contributed by atoms with Gasteiger partial charge in [-0.1, -0.05) is 18.2 Å². The number of para-hydroxylation sites is 1. The van der Waals surface area contributed by atoms with Crippen LogP contribution in [-0.4, -0.2) is 16.0 Å².